The maximum atomic E-state index is 12.4. The molecule has 2 heterocycles. The van der Waals surface area contributed by atoms with E-state index in [9.17, 15) is 9.59 Å². The van der Waals surface area contributed by atoms with Gasteiger partial charge in [0.25, 0.3) is 5.56 Å². The number of hydrogen-bond acceptors (Lipinski definition) is 4. The van der Waals surface area contributed by atoms with Gasteiger partial charge in [-0.3, -0.25) is 14.2 Å². The molecule has 1 aromatic heterocycles. The predicted octanol–water partition coefficient (Wildman–Crippen LogP) is 1.63. The quantitative estimate of drug-likeness (QED) is 0.897. The zero-order valence-electron chi connectivity index (χ0n) is 14.9. The number of nitrogens with zero attached hydrogens (tertiary/aromatic N) is 3. The molecule has 0 saturated carbocycles. The molecule has 1 amide bonds. The van der Waals surface area contributed by atoms with Crippen LogP contribution in [-0.4, -0.2) is 46.0 Å². The number of rotatable bonds is 5. The lowest BCUT2D eigenvalue weighted by molar-refractivity contribution is -0.122. The maximum Gasteiger partial charge on any atom is 0.269 e. The van der Waals surface area contributed by atoms with E-state index >= 15 is 0 Å². The first-order chi connectivity index (χ1) is 12.0. The van der Waals surface area contributed by atoms with Crippen molar-refractivity contribution >= 4 is 16.9 Å². The van der Waals surface area contributed by atoms with Gasteiger partial charge in [0.2, 0.25) is 5.91 Å². The van der Waals surface area contributed by atoms with Gasteiger partial charge in [0.05, 0.1) is 17.2 Å². The lowest BCUT2D eigenvalue weighted by atomic mass is 10.00. The Balaban J connectivity index is 1.63. The van der Waals surface area contributed by atoms with Crippen LogP contribution in [0.15, 0.2) is 35.3 Å². The Morgan fingerprint density at radius 3 is 3.00 bits per heavy atom. The highest BCUT2D eigenvalue weighted by molar-refractivity contribution is 5.80. The molecule has 3 rings (SSSR count). The van der Waals surface area contributed by atoms with Crippen molar-refractivity contribution in [3.8, 4) is 0 Å². The molecule has 0 spiro atoms. The Morgan fingerprint density at radius 1 is 1.40 bits per heavy atom. The van der Waals surface area contributed by atoms with Crippen molar-refractivity contribution in [2.75, 3.05) is 19.6 Å². The van der Waals surface area contributed by atoms with Crippen LogP contribution >= 0.6 is 0 Å². The van der Waals surface area contributed by atoms with Crippen LogP contribution in [0, 0.1) is 5.92 Å². The van der Waals surface area contributed by atoms with Gasteiger partial charge in [-0.15, -0.1) is 0 Å². The molecule has 1 aliphatic rings. The van der Waals surface area contributed by atoms with Crippen molar-refractivity contribution in [1.82, 2.24) is 19.8 Å². The molecule has 25 heavy (non-hydrogen) atoms. The van der Waals surface area contributed by atoms with Gasteiger partial charge in [-0.1, -0.05) is 19.1 Å². The molecule has 1 aliphatic heterocycles. The molecule has 6 heteroatoms. The third-order valence-electron chi connectivity index (χ3n) is 4.73. The first-order valence-corrected chi connectivity index (χ1v) is 8.99. The minimum Gasteiger partial charge on any atom is -0.351 e. The van der Waals surface area contributed by atoms with Gasteiger partial charge in [0, 0.05) is 19.1 Å². The Labute approximate surface area is 147 Å². The van der Waals surface area contributed by atoms with Crippen molar-refractivity contribution < 1.29 is 4.79 Å². The molecule has 2 aromatic rings. The summed E-state index contributed by atoms with van der Waals surface area (Å²) in [5.41, 5.74) is 1.14. The van der Waals surface area contributed by atoms with Crippen molar-refractivity contribution in [1.29, 1.82) is 0 Å². The molecule has 2 atom stereocenters. The molecule has 0 unspecified atom stereocenters. The summed E-state index contributed by atoms with van der Waals surface area (Å²) in [7, 11) is 0. The molecular formula is C19H26N4O2. The van der Waals surface area contributed by atoms with Gasteiger partial charge in [-0.2, -0.15) is 0 Å². The summed E-state index contributed by atoms with van der Waals surface area (Å²) in [5.74, 6) is 0.578. The predicted molar refractivity (Wildman–Crippen MR) is 98.4 cm³/mol. The van der Waals surface area contributed by atoms with E-state index in [4.69, 9.17) is 0 Å². The topological polar surface area (TPSA) is 67.2 Å². The van der Waals surface area contributed by atoms with E-state index in [0.717, 1.165) is 25.6 Å². The average molecular weight is 342 g/mol. The standard InChI is InChI=1S/C19H26N4O2/c1-14-6-5-9-22(11-14)12-15(2)21-18(24)13-23-17-8-4-3-7-16(17)20-10-19(23)25/h3-4,7-8,10,14-15H,5-6,9,11-13H2,1-2H3,(H,21,24)/t14-,15-/m0/s1. The van der Waals surface area contributed by atoms with E-state index in [1.54, 1.807) is 0 Å². The van der Waals surface area contributed by atoms with Crippen LogP contribution < -0.4 is 10.9 Å². The largest absolute Gasteiger partial charge is 0.351 e. The smallest absolute Gasteiger partial charge is 0.269 e. The number of aromatic nitrogens is 2. The Hall–Kier alpha value is -2.21. The Bertz CT molecular complexity index is 801. The van der Waals surface area contributed by atoms with E-state index in [1.165, 1.54) is 23.6 Å². The van der Waals surface area contributed by atoms with E-state index in [1.807, 2.05) is 31.2 Å². The second-order valence-corrected chi connectivity index (χ2v) is 7.15. The number of benzene rings is 1. The summed E-state index contributed by atoms with van der Waals surface area (Å²) in [5, 5.41) is 3.02. The van der Waals surface area contributed by atoms with Crippen molar-refractivity contribution in [3.05, 3.63) is 40.8 Å². The molecule has 1 N–H and O–H groups in total. The number of amides is 1. The monoisotopic (exact) mass is 342 g/mol. The molecule has 1 aromatic carbocycles. The van der Waals surface area contributed by atoms with Crippen LogP contribution in [-0.2, 0) is 11.3 Å². The van der Waals surface area contributed by atoms with Crippen molar-refractivity contribution in [2.45, 2.75) is 39.3 Å². The summed E-state index contributed by atoms with van der Waals surface area (Å²) in [6, 6.07) is 7.42. The summed E-state index contributed by atoms with van der Waals surface area (Å²) in [6.45, 7) is 7.35. The van der Waals surface area contributed by atoms with Gasteiger partial charge in [0.1, 0.15) is 6.54 Å². The second-order valence-electron chi connectivity index (χ2n) is 7.15. The van der Waals surface area contributed by atoms with Crippen LogP contribution in [0.25, 0.3) is 11.0 Å². The number of hydrogen-bond donors (Lipinski definition) is 1. The van der Waals surface area contributed by atoms with Gasteiger partial charge in [-0.25, -0.2) is 4.98 Å². The Morgan fingerprint density at radius 2 is 2.20 bits per heavy atom. The van der Waals surface area contributed by atoms with Gasteiger partial charge < -0.3 is 10.2 Å². The molecular weight excluding hydrogens is 316 g/mol. The number of piperidine rings is 1. The fourth-order valence-electron chi connectivity index (χ4n) is 3.63. The lowest BCUT2D eigenvalue weighted by Gasteiger charge is -2.32. The summed E-state index contributed by atoms with van der Waals surface area (Å²) in [4.78, 5) is 31.1. The normalized spacial score (nSPS) is 19.7. The van der Waals surface area contributed by atoms with E-state index in [0.29, 0.717) is 11.0 Å². The highest BCUT2D eigenvalue weighted by Crippen LogP contribution is 2.15. The third-order valence-corrected chi connectivity index (χ3v) is 4.73. The highest BCUT2D eigenvalue weighted by Gasteiger charge is 2.19. The van der Waals surface area contributed by atoms with Crippen molar-refractivity contribution in [3.63, 3.8) is 0 Å². The first kappa shape index (κ1) is 17.6. The second kappa shape index (κ2) is 7.78. The lowest BCUT2D eigenvalue weighted by Crippen LogP contribution is -2.46. The molecule has 0 aliphatic carbocycles. The SMILES string of the molecule is C[C@H]1CCCN(C[C@H](C)NC(=O)Cn2c(=O)cnc3ccccc32)C1. The van der Waals surface area contributed by atoms with Crippen LogP contribution in [0.3, 0.4) is 0 Å². The molecule has 1 saturated heterocycles. The van der Waals surface area contributed by atoms with E-state index in [2.05, 4.69) is 22.1 Å². The highest BCUT2D eigenvalue weighted by atomic mass is 16.2. The molecule has 134 valence electrons. The Kier molecular flexibility index (Phi) is 5.48. The van der Waals surface area contributed by atoms with E-state index in [-0.39, 0.29) is 24.1 Å². The average Bonchev–Trinajstić information content (AvgIpc) is 2.57. The molecule has 0 radical (unpaired) electrons. The molecule has 0 bridgehead atoms. The summed E-state index contributed by atoms with van der Waals surface area (Å²) >= 11 is 0. The van der Waals surface area contributed by atoms with Crippen LogP contribution in [0.5, 0.6) is 0 Å². The number of para-hydroxylation sites is 2. The van der Waals surface area contributed by atoms with Crippen LogP contribution in [0.2, 0.25) is 0 Å². The van der Waals surface area contributed by atoms with Crippen LogP contribution in [0.4, 0.5) is 0 Å². The number of carbonyl (C=O) groups is 1. The van der Waals surface area contributed by atoms with Crippen molar-refractivity contribution in [2.24, 2.45) is 5.92 Å². The van der Waals surface area contributed by atoms with Gasteiger partial charge in [0.15, 0.2) is 0 Å². The number of likely N-dealkylation sites (tertiary alicyclic amines) is 1. The third kappa shape index (κ3) is 4.45. The first-order valence-electron chi connectivity index (χ1n) is 8.99. The zero-order chi connectivity index (χ0) is 17.8. The minimum absolute atomic E-state index is 0.0165. The van der Waals surface area contributed by atoms with Crippen LogP contribution in [0.1, 0.15) is 26.7 Å². The number of nitrogens with one attached hydrogen (secondary N) is 1. The number of carbonyl (C=O) groups excluding carboxylic acids is 1. The van der Waals surface area contributed by atoms with Gasteiger partial charge in [-0.05, 0) is 44.4 Å². The summed E-state index contributed by atoms with van der Waals surface area (Å²) in [6.07, 6.45) is 3.78. The molecule has 1 fully saturated rings. The van der Waals surface area contributed by atoms with Gasteiger partial charge >= 0.3 is 0 Å². The summed E-state index contributed by atoms with van der Waals surface area (Å²) < 4.78 is 1.48. The fourth-order valence-corrected chi connectivity index (χ4v) is 3.63. The minimum atomic E-state index is -0.258. The fraction of sp³-hybridized carbons (Fsp3) is 0.526. The number of fused-ring (bicyclic) bond motifs is 1. The molecule has 6 nitrogen and oxygen atoms in total. The zero-order valence-corrected chi connectivity index (χ0v) is 14.9. The maximum absolute atomic E-state index is 12.4. The van der Waals surface area contributed by atoms with E-state index < -0.39 is 0 Å².